The zero-order valence-corrected chi connectivity index (χ0v) is 8.51. The van der Waals surface area contributed by atoms with Gasteiger partial charge >= 0.3 is 0 Å². The van der Waals surface area contributed by atoms with Gasteiger partial charge in [0.1, 0.15) is 11.6 Å². The molecule has 5 heteroatoms. The van der Waals surface area contributed by atoms with Crippen LogP contribution in [0.15, 0.2) is 36.7 Å². The Kier molecular flexibility index (Phi) is 3.16. The second-order valence-corrected chi connectivity index (χ2v) is 3.22. The van der Waals surface area contributed by atoms with Crippen molar-refractivity contribution in [1.29, 1.82) is 0 Å². The predicted molar refractivity (Wildman–Crippen MR) is 55.8 cm³/mol. The van der Waals surface area contributed by atoms with Crippen LogP contribution in [0.2, 0.25) is 0 Å². The summed E-state index contributed by atoms with van der Waals surface area (Å²) in [7, 11) is 0. The summed E-state index contributed by atoms with van der Waals surface area (Å²) in [4.78, 5) is 0. The molecule has 0 atom stereocenters. The molecule has 0 saturated heterocycles. The molecule has 0 aliphatic carbocycles. The van der Waals surface area contributed by atoms with E-state index in [2.05, 4.69) is 5.10 Å². The van der Waals surface area contributed by atoms with E-state index in [1.54, 1.807) is 29.2 Å². The Morgan fingerprint density at radius 3 is 2.69 bits per heavy atom. The quantitative estimate of drug-likeness (QED) is 0.858. The van der Waals surface area contributed by atoms with E-state index >= 15 is 0 Å². The van der Waals surface area contributed by atoms with Crippen molar-refractivity contribution in [2.75, 3.05) is 6.61 Å². The lowest BCUT2D eigenvalue weighted by atomic mass is 10.3. The lowest BCUT2D eigenvalue weighted by Gasteiger charge is -2.01. The molecule has 84 valence electrons. The molecule has 16 heavy (non-hydrogen) atoms. The predicted octanol–water partition coefficient (Wildman–Crippen LogP) is 1.81. The van der Waals surface area contributed by atoms with Crippen LogP contribution in [0.4, 0.5) is 4.39 Å². The summed E-state index contributed by atoms with van der Waals surface area (Å²) in [6, 6.07) is 5.73. The fourth-order valence-electron chi connectivity index (χ4n) is 1.26. The first-order chi connectivity index (χ1) is 7.78. The third-order valence-electron chi connectivity index (χ3n) is 1.99. The van der Waals surface area contributed by atoms with Crippen LogP contribution in [0.5, 0.6) is 11.5 Å². The standard InChI is InChI=1S/C11H11FN2O2/c12-9-1-3-10(4-2-9)16-11-7-13-14(8-11)5-6-15/h1-4,7-8,15H,5-6H2. The summed E-state index contributed by atoms with van der Waals surface area (Å²) < 4.78 is 19.6. The molecule has 0 aliphatic heterocycles. The van der Waals surface area contributed by atoms with Crippen molar-refractivity contribution < 1.29 is 14.2 Å². The first-order valence-corrected chi connectivity index (χ1v) is 4.84. The number of aromatic nitrogens is 2. The molecule has 1 heterocycles. The number of halogens is 1. The molecule has 1 aromatic heterocycles. The molecule has 2 rings (SSSR count). The highest BCUT2D eigenvalue weighted by molar-refractivity contribution is 5.28. The van der Waals surface area contributed by atoms with Crippen LogP contribution in [0, 0.1) is 5.82 Å². The topological polar surface area (TPSA) is 47.3 Å². The number of hydrogen-bond acceptors (Lipinski definition) is 3. The van der Waals surface area contributed by atoms with E-state index in [1.165, 1.54) is 12.1 Å². The molecule has 0 saturated carbocycles. The van der Waals surface area contributed by atoms with Crippen LogP contribution >= 0.6 is 0 Å². The number of benzene rings is 1. The number of rotatable bonds is 4. The molecule has 0 bridgehead atoms. The van der Waals surface area contributed by atoms with Gasteiger partial charge in [-0.1, -0.05) is 0 Å². The van der Waals surface area contributed by atoms with Crippen molar-refractivity contribution in [3.8, 4) is 11.5 Å². The minimum atomic E-state index is -0.302. The monoisotopic (exact) mass is 222 g/mol. The largest absolute Gasteiger partial charge is 0.454 e. The number of hydrogen-bond donors (Lipinski definition) is 1. The zero-order valence-electron chi connectivity index (χ0n) is 8.51. The highest BCUT2D eigenvalue weighted by Gasteiger charge is 2.01. The summed E-state index contributed by atoms with van der Waals surface area (Å²) in [5, 5.41) is 12.7. The van der Waals surface area contributed by atoms with Crippen molar-refractivity contribution in [3.63, 3.8) is 0 Å². The number of nitrogens with zero attached hydrogens (tertiary/aromatic N) is 2. The van der Waals surface area contributed by atoms with E-state index < -0.39 is 0 Å². The second kappa shape index (κ2) is 4.76. The Morgan fingerprint density at radius 2 is 2.00 bits per heavy atom. The third-order valence-corrected chi connectivity index (χ3v) is 1.99. The fourth-order valence-corrected chi connectivity index (χ4v) is 1.26. The van der Waals surface area contributed by atoms with Gasteiger partial charge in [-0.2, -0.15) is 5.10 Å². The average molecular weight is 222 g/mol. The Balaban J connectivity index is 2.05. The average Bonchev–Trinajstić information content (AvgIpc) is 2.70. The molecular weight excluding hydrogens is 211 g/mol. The smallest absolute Gasteiger partial charge is 0.165 e. The minimum absolute atomic E-state index is 0.0255. The number of aliphatic hydroxyl groups excluding tert-OH is 1. The van der Waals surface area contributed by atoms with Crippen molar-refractivity contribution in [2.24, 2.45) is 0 Å². The highest BCUT2D eigenvalue weighted by Crippen LogP contribution is 2.20. The van der Waals surface area contributed by atoms with Crippen LogP contribution in [-0.2, 0) is 6.54 Å². The van der Waals surface area contributed by atoms with Crippen molar-refractivity contribution in [1.82, 2.24) is 9.78 Å². The Hall–Kier alpha value is -1.88. The van der Waals surface area contributed by atoms with Gasteiger partial charge in [-0.15, -0.1) is 0 Å². The maximum absolute atomic E-state index is 12.6. The maximum Gasteiger partial charge on any atom is 0.165 e. The number of aliphatic hydroxyl groups is 1. The molecule has 0 unspecified atom stereocenters. The van der Waals surface area contributed by atoms with Crippen LogP contribution in [-0.4, -0.2) is 21.5 Å². The molecule has 1 aromatic carbocycles. The van der Waals surface area contributed by atoms with Crippen LogP contribution in [0.3, 0.4) is 0 Å². The van der Waals surface area contributed by atoms with Gasteiger partial charge in [0.2, 0.25) is 0 Å². The Labute approximate surface area is 91.9 Å². The molecule has 1 N–H and O–H groups in total. The van der Waals surface area contributed by atoms with Gasteiger partial charge in [-0.05, 0) is 24.3 Å². The molecule has 0 spiro atoms. The van der Waals surface area contributed by atoms with E-state index in [0.29, 0.717) is 18.0 Å². The summed E-state index contributed by atoms with van der Waals surface area (Å²) in [5.41, 5.74) is 0. The van der Waals surface area contributed by atoms with Crippen molar-refractivity contribution >= 4 is 0 Å². The Bertz CT molecular complexity index is 453. The molecule has 0 amide bonds. The van der Waals surface area contributed by atoms with Gasteiger partial charge in [0.25, 0.3) is 0 Å². The highest BCUT2D eigenvalue weighted by atomic mass is 19.1. The van der Waals surface area contributed by atoms with Gasteiger partial charge in [0, 0.05) is 0 Å². The Morgan fingerprint density at radius 1 is 1.25 bits per heavy atom. The van der Waals surface area contributed by atoms with Crippen LogP contribution in [0.1, 0.15) is 0 Å². The summed E-state index contributed by atoms with van der Waals surface area (Å²) in [6.07, 6.45) is 3.21. The summed E-state index contributed by atoms with van der Waals surface area (Å²) in [5.74, 6) is 0.799. The molecule has 0 fully saturated rings. The van der Waals surface area contributed by atoms with E-state index in [1.807, 2.05) is 0 Å². The second-order valence-electron chi connectivity index (χ2n) is 3.22. The van der Waals surface area contributed by atoms with Gasteiger partial charge in [-0.25, -0.2) is 4.39 Å². The lowest BCUT2D eigenvalue weighted by molar-refractivity contribution is 0.269. The van der Waals surface area contributed by atoms with Gasteiger partial charge in [0.15, 0.2) is 5.75 Å². The van der Waals surface area contributed by atoms with Gasteiger partial charge in [-0.3, -0.25) is 4.68 Å². The first-order valence-electron chi connectivity index (χ1n) is 4.84. The molecular formula is C11H11FN2O2. The van der Waals surface area contributed by atoms with Crippen molar-refractivity contribution in [2.45, 2.75) is 6.54 Å². The maximum atomic E-state index is 12.6. The molecule has 4 nitrogen and oxygen atoms in total. The minimum Gasteiger partial charge on any atom is -0.454 e. The zero-order chi connectivity index (χ0) is 11.4. The van der Waals surface area contributed by atoms with E-state index in [9.17, 15) is 4.39 Å². The number of ether oxygens (including phenoxy) is 1. The van der Waals surface area contributed by atoms with E-state index in [-0.39, 0.29) is 12.4 Å². The summed E-state index contributed by atoms with van der Waals surface area (Å²) >= 11 is 0. The van der Waals surface area contributed by atoms with E-state index in [0.717, 1.165) is 0 Å². The van der Waals surface area contributed by atoms with Gasteiger partial charge in [0.05, 0.1) is 25.5 Å². The molecule has 0 aliphatic rings. The van der Waals surface area contributed by atoms with Crippen molar-refractivity contribution in [3.05, 3.63) is 42.5 Å². The lowest BCUT2D eigenvalue weighted by Crippen LogP contribution is -2.01. The fraction of sp³-hybridized carbons (Fsp3) is 0.182. The SMILES string of the molecule is OCCn1cc(Oc2ccc(F)cc2)cn1. The van der Waals surface area contributed by atoms with Gasteiger partial charge < -0.3 is 9.84 Å². The summed E-state index contributed by atoms with van der Waals surface area (Å²) in [6.45, 7) is 0.449. The van der Waals surface area contributed by atoms with Crippen LogP contribution < -0.4 is 4.74 Å². The third kappa shape index (κ3) is 2.58. The molecule has 0 radical (unpaired) electrons. The first kappa shape index (κ1) is 10.6. The van der Waals surface area contributed by atoms with E-state index in [4.69, 9.17) is 9.84 Å². The van der Waals surface area contributed by atoms with Crippen LogP contribution in [0.25, 0.3) is 0 Å². The normalized spacial score (nSPS) is 10.4. The molecule has 2 aromatic rings.